The molecule has 6 nitrogen and oxygen atoms in total. The normalized spacial score (nSPS) is 12.6. The summed E-state index contributed by atoms with van der Waals surface area (Å²) in [6.07, 6.45) is 3.17. The molecule has 0 saturated carbocycles. The molecule has 2 heterocycles. The van der Waals surface area contributed by atoms with E-state index in [9.17, 15) is 0 Å². The summed E-state index contributed by atoms with van der Waals surface area (Å²) < 4.78 is 0. The first-order valence-corrected chi connectivity index (χ1v) is 5.60. The topological polar surface area (TPSA) is 92.5 Å². The molecule has 1 unspecified atom stereocenters. The smallest absolute Gasteiger partial charge is 0.128 e. The predicted molar refractivity (Wildman–Crippen MR) is 65.6 cm³/mol. The van der Waals surface area contributed by atoms with Crippen LogP contribution in [0.15, 0.2) is 18.5 Å². The molecule has 0 fully saturated rings. The molecule has 2 aromatic rings. The number of nitrogens with two attached hydrogens (primary N) is 1. The Hall–Kier alpha value is -1.66. The van der Waals surface area contributed by atoms with Gasteiger partial charge >= 0.3 is 0 Å². The molecule has 0 spiro atoms. The van der Waals surface area contributed by atoms with E-state index in [1.54, 1.807) is 12.3 Å². The first kappa shape index (κ1) is 11.8. The first-order chi connectivity index (χ1) is 8.22. The number of nitrogens with one attached hydrogen (secondary N) is 2. The molecule has 0 aliphatic carbocycles. The first-order valence-electron chi connectivity index (χ1n) is 5.22. The van der Waals surface area contributed by atoms with Crippen LogP contribution in [0.4, 0.5) is 5.82 Å². The van der Waals surface area contributed by atoms with E-state index >= 15 is 0 Å². The number of nitrogens with zero attached hydrogens (tertiary/aromatic N) is 3. The minimum absolute atomic E-state index is 0.162. The summed E-state index contributed by atoms with van der Waals surface area (Å²) >= 11 is 5.93. The number of halogens is 1. The molecule has 0 amide bonds. The van der Waals surface area contributed by atoms with Crippen LogP contribution in [0.5, 0.6) is 0 Å². The van der Waals surface area contributed by atoms with Gasteiger partial charge in [-0.1, -0.05) is 18.5 Å². The van der Waals surface area contributed by atoms with Crippen LogP contribution in [0.2, 0.25) is 5.02 Å². The average Bonchev–Trinajstić information content (AvgIpc) is 2.83. The van der Waals surface area contributed by atoms with Crippen LogP contribution in [0, 0.1) is 0 Å². The van der Waals surface area contributed by atoms with E-state index in [1.807, 2.05) is 6.92 Å². The Bertz CT molecular complexity index is 484. The predicted octanol–water partition coefficient (Wildman–Crippen LogP) is 1.13. The second-order valence-electron chi connectivity index (χ2n) is 3.51. The highest BCUT2D eigenvalue weighted by atomic mass is 35.5. The fourth-order valence-corrected chi connectivity index (χ4v) is 1.79. The molecule has 2 aromatic heterocycles. The molecule has 0 aromatic carbocycles. The van der Waals surface area contributed by atoms with E-state index in [-0.39, 0.29) is 6.04 Å². The summed E-state index contributed by atoms with van der Waals surface area (Å²) in [4.78, 5) is 4.04. The summed E-state index contributed by atoms with van der Waals surface area (Å²) in [7, 11) is 0. The minimum Gasteiger partial charge on any atom is -0.383 e. The molecule has 1 atom stereocenters. The Balaban J connectivity index is 2.42. The Morgan fingerprint density at radius 3 is 3.00 bits per heavy atom. The van der Waals surface area contributed by atoms with Crippen LogP contribution in [0.25, 0.3) is 0 Å². The van der Waals surface area contributed by atoms with Crippen LogP contribution in [0.1, 0.15) is 24.2 Å². The van der Waals surface area contributed by atoms with E-state index in [0.29, 0.717) is 10.8 Å². The third-order valence-corrected chi connectivity index (χ3v) is 2.57. The third kappa shape index (κ3) is 2.54. The number of pyridine rings is 1. The van der Waals surface area contributed by atoms with Gasteiger partial charge < -0.3 is 11.1 Å². The van der Waals surface area contributed by atoms with Crippen molar-refractivity contribution in [2.45, 2.75) is 13.0 Å². The monoisotopic (exact) mass is 252 g/mol. The van der Waals surface area contributed by atoms with Crippen molar-refractivity contribution in [3.05, 3.63) is 34.7 Å². The van der Waals surface area contributed by atoms with Crippen molar-refractivity contribution in [1.29, 1.82) is 0 Å². The van der Waals surface area contributed by atoms with Gasteiger partial charge in [-0.15, -0.1) is 0 Å². The zero-order valence-electron chi connectivity index (χ0n) is 9.31. The molecular formula is C10H13ClN6. The van der Waals surface area contributed by atoms with Crippen molar-refractivity contribution in [2.24, 2.45) is 0 Å². The fraction of sp³-hybridized carbons (Fsp3) is 0.300. The van der Waals surface area contributed by atoms with E-state index in [0.717, 1.165) is 17.8 Å². The molecule has 0 radical (unpaired) electrons. The van der Waals surface area contributed by atoms with Gasteiger partial charge in [-0.05, 0) is 12.6 Å². The number of aromatic nitrogens is 4. The van der Waals surface area contributed by atoms with Gasteiger partial charge in [0.05, 0.1) is 17.3 Å². The van der Waals surface area contributed by atoms with Crippen LogP contribution in [-0.4, -0.2) is 26.9 Å². The lowest BCUT2D eigenvalue weighted by atomic mass is 10.1. The minimum atomic E-state index is -0.162. The Morgan fingerprint density at radius 2 is 2.35 bits per heavy atom. The maximum atomic E-state index is 5.93. The summed E-state index contributed by atoms with van der Waals surface area (Å²) in [5.74, 6) is 0.434. The Morgan fingerprint density at radius 1 is 1.53 bits per heavy atom. The van der Waals surface area contributed by atoms with E-state index in [1.165, 1.54) is 6.20 Å². The molecule has 4 N–H and O–H groups in total. The highest BCUT2D eigenvalue weighted by Crippen LogP contribution is 2.26. The maximum absolute atomic E-state index is 5.93. The molecule has 0 bridgehead atoms. The number of H-pyrrole nitrogens is 1. The largest absolute Gasteiger partial charge is 0.383 e. The van der Waals surface area contributed by atoms with E-state index < -0.39 is 0 Å². The summed E-state index contributed by atoms with van der Waals surface area (Å²) in [6.45, 7) is 2.77. The van der Waals surface area contributed by atoms with Crippen molar-refractivity contribution in [2.75, 3.05) is 12.3 Å². The number of anilines is 1. The summed E-state index contributed by atoms with van der Waals surface area (Å²) in [5.41, 5.74) is 7.41. The summed E-state index contributed by atoms with van der Waals surface area (Å²) in [6, 6.07) is 1.62. The van der Waals surface area contributed by atoms with Crippen molar-refractivity contribution in [3.8, 4) is 0 Å². The second-order valence-corrected chi connectivity index (χ2v) is 3.95. The number of aromatic amines is 1. The molecule has 0 aliphatic rings. The zero-order valence-corrected chi connectivity index (χ0v) is 10.1. The lowest BCUT2D eigenvalue weighted by molar-refractivity contribution is 0.613. The van der Waals surface area contributed by atoms with E-state index in [4.69, 9.17) is 17.3 Å². The van der Waals surface area contributed by atoms with Gasteiger partial charge in [0.25, 0.3) is 0 Å². The van der Waals surface area contributed by atoms with Crippen molar-refractivity contribution in [3.63, 3.8) is 0 Å². The number of hydrogen-bond donors (Lipinski definition) is 3. The highest BCUT2D eigenvalue weighted by Gasteiger charge is 2.19. The van der Waals surface area contributed by atoms with Gasteiger partial charge in [0.2, 0.25) is 0 Å². The lowest BCUT2D eigenvalue weighted by Crippen LogP contribution is -2.23. The van der Waals surface area contributed by atoms with Gasteiger partial charge in [0.15, 0.2) is 0 Å². The van der Waals surface area contributed by atoms with Gasteiger partial charge in [-0.2, -0.15) is 15.4 Å². The van der Waals surface area contributed by atoms with E-state index in [2.05, 4.69) is 25.7 Å². The Kier molecular flexibility index (Phi) is 3.55. The quantitative estimate of drug-likeness (QED) is 0.759. The van der Waals surface area contributed by atoms with Crippen LogP contribution in [-0.2, 0) is 0 Å². The average molecular weight is 253 g/mol. The second kappa shape index (κ2) is 5.11. The molecule has 7 heteroatoms. The lowest BCUT2D eigenvalue weighted by Gasteiger charge is -2.17. The van der Waals surface area contributed by atoms with Crippen molar-refractivity contribution in [1.82, 2.24) is 25.7 Å². The highest BCUT2D eigenvalue weighted by molar-refractivity contribution is 6.30. The van der Waals surface area contributed by atoms with Gasteiger partial charge in [-0.3, -0.25) is 0 Å². The molecular weight excluding hydrogens is 240 g/mol. The molecule has 2 rings (SSSR count). The molecule has 90 valence electrons. The Labute approximate surface area is 104 Å². The fourth-order valence-electron chi connectivity index (χ4n) is 1.62. The van der Waals surface area contributed by atoms with Crippen LogP contribution in [0.3, 0.4) is 0 Å². The van der Waals surface area contributed by atoms with Gasteiger partial charge in [0.1, 0.15) is 11.5 Å². The standard InChI is InChI=1S/C10H13ClN6/c1-2-13-9(8-5-15-17-16-8)7-3-6(11)4-14-10(7)12/h3-5,9,13H,2H2,1H3,(H2,12,14)(H,15,16,17). The molecule has 17 heavy (non-hydrogen) atoms. The number of rotatable bonds is 4. The van der Waals surface area contributed by atoms with Gasteiger partial charge in [-0.25, -0.2) is 4.98 Å². The SMILES string of the molecule is CCNC(c1cn[nH]n1)c1cc(Cl)cnc1N. The number of nitrogen functional groups attached to an aromatic ring is 1. The maximum Gasteiger partial charge on any atom is 0.128 e. The van der Waals surface area contributed by atoms with Crippen molar-refractivity contribution < 1.29 is 0 Å². The van der Waals surface area contributed by atoms with Crippen LogP contribution < -0.4 is 11.1 Å². The molecule has 0 aliphatic heterocycles. The molecule has 0 saturated heterocycles. The van der Waals surface area contributed by atoms with Crippen LogP contribution >= 0.6 is 11.6 Å². The van der Waals surface area contributed by atoms with Gasteiger partial charge in [0, 0.05) is 11.8 Å². The zero-order chi connectivity index (χ0) is 12.3. The summed E-state index contributed by atoms with van der Waals surface area (Å²) in [5, 5.41) is 14.2. The van der Waals surface area contributed by atoms with Crippen molar-refractivity contribution >= 4 is 17.4 Å². The number of hydrogen-bond acceptors (Lipinski definition) is 5. The third-order valence-electron chi connectivity index (χ3n) is 2.36.